The molecule has 1 rings (SSSR count). The van der Waals surface area contributed by atoms with Gasteiger partial charge in [0.05, 0.1) is 27.2 Å². The minimum atomic E-state index is 0.772. The molecule has 0 radical (unpaired) electrons. The fourth-order valence-electron chi connectivity index (χ4n) is 1.49. The van der Waals surface area contributed by atoms with E-state index in [1.807, 2.05) is 0 Å². The van der Waals surface area contributed by atoms with Crippen molar-refractivity contribution < 1.29 is 4.48 Å². The van der Waals surface area contributed by atoms with Gasteiger partial charge in [0.15, 0.2) is 0 Å². The van der Waals surface area contributed by atoms with Gasteiger partial charge in [0.25, 0.3) is 0 Å². The summed E-state index contributed by atoms with van der Waals surface area (Å²) in [6.07, 6.45) is 4.59. The summed E-state index contributed by atoms with van der Waals surface area (Å²) >= 11 is 0. The van der Waals surface area contributed by atoms with E-state index in [0.717, 1.165) is 10.4 Å². The van der Waals surface area contributed by atoms with E-state index in [2.05, 4.69) is 33.2 Å². The topological polar surface area (TPSA) is 0 Å². The molecular formula is C8H16N+. The van der Waals surface area contributed by atoms with E-state index in [4.69, 9.17) is 0 Å². The second-order valence-electron chi connectivity index (χ2n) is 3.71. The van der Waals surface area contributed by atoms with E-state index in [9.17, 15) is 0 Å². The molecule has 1 unspecified atom stereocenters. The van der Waals surface area contributed by atoms with Crippen molar-refractivity contribution in [1.29, 1.82) is 0 Å². The van der Waals surface area contributed by atoms with Crippen LogP contribution in [0.3, 0.4) is 0 Å². The molecule has 0 aromatic heterocycles. The van der Waals surface area contributed by atoms with Crippen molar-refractivity contribution in [3.8, 4) is 0 Å². The number of hydrogen-bond donors (Lipinski definition) is 0. The van der Waals surface area contributed by atoms with Gasteiger partial charge in [0.1, 0.15) is 0 Å². The highest BCUT2D eigenvalue weighted by Gasteiger charge is 2.19. The van der Waals surface area contributed by atoms with Crippen molar-refractivity contribution in [2.75, 3.05) is 27.2 Å². The van der Waals surface area contributed by atoms with Crippen LogP contribution in [-0.2, 0) is 0 Å². The van der Waals surface area contributed by atoms with Crippen LogP contribution in [0.2, 0.25) is 0 Å². The van der Waals surface area contributed by atoms with Gasteiger partial charge >= 0.3 is 0 Å². The van der Waals surface area contributed by atoms with Crippen LogP contribution in [0.15, 0.2) is 12.2 Å². The molecule has 0 fully saturated rings. The Labute approximate surface area is 57.6 Å². The van der Waals surface area contributed by atoms with Crippen molar-refractivity contribution in [2.45, 2.75) is 6.92 Å². The van der Waals surface area contributed by atoms with Crippen LogP contribution in [0.5, 0.6) is 0 Å². The zero-order valence-electron chi connectivity index (χ0n) is 6.59. The molecule has 0 N–H and O–H groups in total. The molecule has 0 aromatic rings. The molecule has 1 nitrogen and oxygen atoms in total. The summed E-state index contributed by atoms with van der Waals surface area (Å²) in [6, 6.07) is 0. The molecule has 1 heteroatoms. The van der Waals surface area contributed by atoms with Gasteiger partial charge in [-0.1, -0.05) is 13.0 Å². The van der Waals surface area contributed by atoms with Gasteiger partial charge in [-0.05, 0) is 6.08 Å². The average Bonchev–Trinajstić information content (AvgIpc) is 1.60. The lowest BCUT2D eigenvalue weighted by Crippen LogP contribution is -2.44. The first-order valence-electron chi connectivity index (χ1n) is 3.59. The summed E-state index contributed by atoms with van der Waals surface area (Å²) in [5, 5.41) is 0. The molecule has 0 saturated heterocycles. The molecule has 0 aliphatic carbocycles. The van der Waals surface area contributed by atoms with Gasteiger partial charge in [-0.25, -0.2) is 0 Å². The first-order chi connectivity index (χ1) is 4.10. The predicted molar refractivity (Wildman–Crippen MR) is 40.1 cm³/mol. The first kappa shape index (κ1) is 6.81. The molecule has 0 saturated carbocycles. The molecule has 0 aromatic carbocycles. The number of hydrogen-bond acceptors (Lipinski definition) is 0. The second-order valence-corrected chi connectivity index (χ2v) is 3.71. The van der Waals surface area contributed by atoms with E-state index in [0.29, 0.717) is 0 Å². The van der Waals surface area contributed by atoms with Crippen molar-refractivity contribution in [2.24, 2.45) is 5.92 Å². The first-order valence-corrected chi connectivity index (χ1v) is 3.59. The summed E-state index contributed by atoms with van der Waals surface area (Å²) in [6.45, 7) is 4.76. The van der Waals surface area contributed by atoms with Crippen molar-refractivity contribution in [3.05, 3.63) is 12.2 Å². The predicted octanol–water partition coefficient (Wildman–Crippen LogP) is 1.27. The Morgan fingerprint density at radius 1 is 1.44 bits per heavy atom. The third kappa shape index (κ3) is 1.83. The number of nitrogens with zero attached hydrogens (tertiary/aromatic N) is 1. The fraction of sp³-hybridized carbons (Fsp3) is 0.750. The SMILES string of the molecule is CC1C=CC[N+](C)(C)C1. The van der Waals surface area contributed by atoms with Crippen molar-refractivity contribution >= 4 is 0 Å². The molecule has 9 heavy (non-hydrogen) atoms. The molecule has 52 valence electrons. The van der Waals surface area contributed by atoms with E-state index >= 15 is 0 Å². The zero-order chi connectivity index (χ0) is 6.91. The Hall–Kier alpha value is -0.300. The second kappa shape index (κ2) is 2.14. The highest BCUT2D eigenvalue weighted by Crippen LogP contribution is 2.11. The zero-order valence-corrected chi connectivity index (χ0v) is 6.59. The Morgan fingerprint density at radius 2 is 2.11 bits per heavy atom. The Balaban J connectivity index is 2.58. The monoisotopic (exact) mass is 126 g/mol. The van der Waals surface area contributed by atoms with Gasteiger partial charge in [0.2, 0.25) is 0 Å². The Kier molecular flexibility index (Phi) is 1.62. The normalized spacial score (nSPS) is 32.6. The van der Waals surface area contributed by atoms with E-state index < -0.39 is 0 Å². The van der Waals surface area contributed by atoms with E-state index in [1.165, 1.54) is 13.1 Å². The lowest BCUT2D eigenvalue weighted by molar-refractivity contribution is -0.888. The van der Waals surface area contributed by atoms with Crippen LogP contribution in [-0.4, -0.2) is 31.7 Å². The minimum Gasteiger partial charge on any atom is -0.325 e. The van der Waals surface area contributed by atoms with Crippen LogP contribution < -0.4 is 0 Å². The average molecular weight is 126 g/mol. The number of quaternary nitrogens is 1. The third-order valence-corrected chi connectivity index (χ3v) is 1.85. The molecule has 0 bridgehead atoms. The van der Waals surface area contributed by atoms with E-state index in [-0.39, 0.29) is 0 Å². The number of likely N-dealkylation sites (N-methyl/N-ethyl adjacent to an activating group) is 1. The van der Waals surface area contributed by atoms with Crippen LogP contribution in [0.1, 0.15) is 6.92 Å². The van der Waals surface area contributed by atoms with Gasteiger partial charge in [0, 0.05) is 5.92 Å². The summed E-state index contributed by atoms with van der Waals surface area (Å²) in [5.74, 6) is 0.772. The molecule has 0 spiro atoms. The molecular weight excluding hydrogens is 110 g/mol. The highest BCUT2D eigenvalue weighted by molar-refractivity contribution is 4.89. The Bertz CT molecular complexity index is 125. The smallest absolute Gasteiger partial charge is 0.0969 e. The molecule has 0 amide bonds. The fourth-order valence-corrected chi connectivity index (χ4v) is 1.49. The summed E-state index contributed by atoms with van der Waals surface area (Å²) in [4.78, 5) is 0. The minimum absolute atomic E-state index is 0.772. The Morgan fingerprint density at radius 3 is 2.44 bits per heavy atom. The molecule has 1 aliphatic heterocycles. The van der Waals surface area contributed by atoms with Gasteiger partial charge in [-0.3, -0.25) is 0 Å². The highest BCUT2D eigenvalue weighted by atomic mass is 15.3. The largest absolute Gasteiger partial charge is 0.325 e. The third-order valence-electron chi connectivity index (χ3n) is 1.85. The quantitative estimate of drug-likeness (QED) is 0.339. The molecule has 1 heterocycles. The maximum absolute atomic E-state index is 2.31. The lowest BCUT2D eigenvalue weighted by atomic mass is 10.1. The van der Waals surface area contributed by atoms with Gasteiger partial charge in [-0.2, -0.15) is 0 Å². The van der Waals surface area contributed by atoms with Crippen LogP contribution >= 0.6 is 0 Å². The summed E-state index contributed by atoms with van der Waals surface area (Å²) in [7, 11) is 4.56. The van der Waals surface area contributed by atoms with Crippen LogP contribution in [0.25, 0.3) is 0 Å². The number of rotatable bonds is 0. The maximum Gasteiger partial charge on any atom is 0.0969 e. The van der Waals surface area contributed by atoms with Crippen molar-refractivity contribution in [3.63, 3.8) is 0 Å². The van der Waals surface area contributed by atoms with Crippen molar-refractivity contribution in [1.82, 2.24) is 0 Å². The van der Waals surface area contributed by atoms with Crippen LogP contribution in [0, 0.1) is 5.92 Å². The maximum atomic E-state index is 2.31. The summed E-state index contributed by atoms with van der Waals surface area (Å²) < 4.78 is 1.15. The van der Waals surface area contributed by atoms with Crippen LogP contribution in [0.4, 0.5) is 0 Å². The standard InChI is InChI=1S/C8H16N/c1-8-5-4-6-9(2,3)7-8/h4-5,8H,6-7H2,1-3H3/q+1. The lowest BCUT2D eigenvalue weighted by Gasteiger charge is -2.33. The van der Waals surface area contributed by atoms with Gasteiger partial charge in [-0.15, -0.1) is 0 Å². The van der Waals surface area contributed by atoms with E-state index in [1.54, 1.807) is 0 Å². The summed E-state index contributed by atoms with van der Waals surface area (Å²) in [5.41, 5.74) is 0. The molecule has 1 atom stereocenters. The molecule has 1 aliphatic rings. The van der Waals surface area contributed by atoms with Gasteiger partial charge < -0.3 is 4.48 Å².